The largest absolute Gasteiger partial charge is 0.489 e. The number of aliphatic hydroxyl groups is 2. The lowest BCUT2D eigenvalue weighted by Gasteiger charge is -2.44. The van der Waals surface area contributed by atoms with E-state index in [2.05, 4.69) is 0 Å². The van der Waals surface area contributed by atoms with Gasteiger partial charge in [-0.3, -0.25) is 4.79 Å². The highest BCUT2D eigenvalue weighted by Gasteiger charge is 2.44. The monoisotopic (exact) mass is 528 g/mol. The second kappa shape index (κ2) is 13.0. The van der Waals surface area contributed by atoms with Crippen LogP contribution in [0.1, 0.15) is 56.1 Å². The van der Waals surface area contributed by atoms with Gasteiger partial charge < -0.3 is 30.3 Å². The van der Waals surface area contributed by atoms with E-state index in [0.29, 0.717) is 50.3 Å². The number of benzene rings is 2. The van der Waals surface area contributed by atoms with Crippen LogP contribution in [0, 0.1) is 17.7 Å². The van der Waals surface area contributed by atoms with Gasteiger partial charge in [-0.15, -0.1) is 0 Å². The topological polar surface area (TPSA) is 105 Å². The average Bonchev–Trinajstić information content (AvgIpc) is 3.28. The van der Waals surface area contributed by atoms with Gasteiger partial charge >= 0.3 is 0 Å². The number of piperidine rings is 1. The first-order valence-electron chi connectivity index (χ1n) is 13.7. The number of aliphatic hydroxyl groups excluding tert-OH is 1. The molecule has 1 amide bonds. The molecular formula is C30H41FN2O5. The molecular weight excluding hydrogens is 487 g/mol. The van der Waals surface area contributed by atoms with Gasteiger partial charge in [0.2, 0.25) is 5.91 Å². The van der Waals surface area contributed by atoms with Gasteiger partial charge in [-0.1, -0.05) is 30.3 Å². The number of carbonyl (C=O) groups is 1. The second-order valence-electron chi connectivity index (χ2n) is 10.8. The summed E-state index contributed by atoms with van der Waals surface area (Å²) in [7, 11) is 1.67. The third kappa shape index (κ3) is 6.72. The lowest BCUT2D eigenvalue weighted by Crippen LogP contribution is -2.49. The van der Waals surface area contributed by atoms with E-state index in [4.69, 9.17) is 15.2 Å². The molecule has 5 atom stereocenters. The number of halogens is 1. The molecule has 1 saturated carbocycles. The highest BCUT2D eigenvalue weighted by molar-refractivity contribution is 5.79. The number of hydrogen-bond donors (Lipinski definition) is 3. The Morgan fingerprint density at radius 3 is 2.63 bits per heavy atom. The zero-order valence-corrected chi connectivity index (χ0v) is 22.2. The summed E-state index contributed by atoms with van der Waals surface area (Å²) in [6.45, 7) is 1.93. The number of rotatable bonds is 11. The molecule has 2 aliphatic rings. The third-order valence-corrected chi connectivity index (χ3v) is 8.15. The number of nitrogens with zero attached hydrogens (tertiary/aromatic N) is 1. The minimum atomic E-state index is -1.21. The number of unbranched alkanes of at least 4 members (excludes halogenated alkanes) is 1. The van der Waals surface area contributed by atoms with Crippen LogP contribution in [0.25, 0.3) is 0 Å². The van der Waals surface area contributed by atoms with Gasteiger partial charge in [0.1, 0.15) is 18.2 Å². The first-order valence-corrected chi connectivity index (χ1v) is 13.7. The number of carbonyl (C=O) groups excluding carboxylic acids is 1. The molecule has 8 heteroatoms. The Labute approximate surface area is 224 Å². The number of nitrogens with two attached hydrogens (primary N) is 1. The van der Waals surface area contributed by atoms with E-state index in [9.17, 15) is 19.4 Å². The van der Waals surface area contributed by atoms with Crippen molar-refractivity contribution in [3.63, 3.8) is 0 Å². The van der Waals surface area contributed by atoms with Gasteiger partial charge in [0.05, 0.1) is 11.7 Å². The Morgan fingerprint density at radius 2 is 1.92 bits per heavy atom. The van der Waals surface area contributed by atoms with Gasteiger partial charge in [0.15, 0.2) is 0 Å². The van der Waals surface area contributed by atoms with Crippen LogP contribution in [0.15, 0.2) is 48.5 Å². The molecule has 0 spiro atoms. The summed E-state index contributed by atoms with van der Waals surface area (Å²) in [6.07, 6.45) is 3.88. The van der Waals surface area contributed by atoms with Crippen LogP contribution in [-0.2, 0) is 21.7 Å². The summed E-state index contributed by atoms with van der Waals surface area (Å²) < 4.78 is 24.8. The summed E-state index contributed by atoms with van der Waals surface area (Å²) >= 11 is 0. The molecule has 1 unspecified atom stereocenters. The van der Waals surface area contributed by atoms with Crippen LogP contribution in [0.3, 0.4) is 0 Å². The van der Waals surface area contributed by atoms with Crippen LogP contribution in [-0.4, -0.2) is 60.0 Å². The molecule has 38 heavy (non-hydrogen) atoms. The summed E-state index contributed by atoms with van der Waals surface area (Å²) in [5.74, 6) is -0.160. The van der Waals surface area contributed by atoms with Crippen molar-refractivity contribution < 1.29 is 28.9 Å². The molecule has 0 radical (unpaired) electrons. The van der Waals surface area contributed by atoms with Gasteiger partial charge in [-0.2, -0.15) is 0 Å². The van der Waals surface area contributed by atoms with Crippen molar-refractivity contribution in [2.45, 2.75) is 69.3 Å². The molecule has 7 nitrogen and oxygen atoms in total. The predicted octanol–water partition coefficient (Wildman–Crippen LogP) is 3.75. The first kappa shape index (κ1) is 28.5. The lowest BCUT2D eigenvalue weighted by atomic mass is 9.73. The maximum atomic E-state index is 13.4. The van der Waals surface area contributed by atoms with E-state index in [1.807, 2.05) is 29.2 Å². The number of amides is 1. The zero-order valence-electron chi connectivity index (χ0n) is 22.2. The maximum absolute atomic E-state index is 13.4. The van der Waals surface area contributed by atoms with Gasteiger partial charge in [-0.05, 0) is 68.7 Å². The van der Waals surface area contributed by atoms with Crippen LogP contribution in [0.4, 0.5) is 4.39 Å². The normalized spacial score (nSPS) is 25.2. The van der Waals surface area contributed by atoms with E-state index >= 15 is 0 Å². The molecule has 208 valence electrons. The van der Waals surface area contributed by atoms with Gasteiger partial charge in [-0.25, -0.2) is 4.39 Å². The molecule has 0 bridgehead atoms. The molecule has 2 aromatic rings. The van der Waals surface area contributed by atoms with Crippen molar-refractivity contribution in [3.8, 4) is 5.75 Å². The van der Waals surface area contributed by atoms with Crippen LogP contribution < -0.4 is 10.5 Å². The molecule has 1 aliphatic heterocycles. The van der Waals surface area contributed by atoms with Crippen LogP contribution in [0.2, 0.25) is 0 Å². The average molecular weight is 529 g/mol. The van der Waals surface area contributed by atoms with Crippen molar-refractivity contribution in [3.05, 3.63) is 65.5 Å². The molecule has 1 saturated heterocycles. The molecule has 1 aliphatic carbocycles. The molecule has 1 heterocycles. The fourth-order valence-corrected chi connectivity index (χ4v) is 5.97. The van der Waals surface area contributed by atoms with Crippen molar-refractivity contribution in [2.75, 3.05) is 26.8 Å². The molecule has 0 aromatic heterocycles. The quantitative estimate of drug-likeness (QED) is 0.384. The smallest absolute Gasteiger partial charge is 0.225 e. The fourth-order valence-electron chi connectivity index (χ4n) is 5.97. The SMILES string of the molecule is COCCCC[C@@](O)(c1ccccc1OCc1ccc(F)cc1)C1CCCN(C(=O)[C@H]2C[C@@H](N)[C@@H](O)C2)C1. The Bertz CT molecular complexity index is 1040. The highest BCUT2D eigenvalue weighted by Crippen LogP contribution is 2.44. The number of ether oxygens (including phenoxy) is 2. The third-order valence-electron chi connectivity index (χ3n) is 8.15. The lowest BCUT2D eigenvalue weighted by molar-refractivity contribution is -0.141. The number of likely N-dealkylation sites (tertiary alicyclic amines) is 1. The van der Waals surface area contributed by atoms with Crippen LogP contribution in [0.5, 0.6) is 5.75 Å². The Hall–Kier alpha value is -2.52. The summed E-state index contributed by atoms with van der Waals surface area (Å²) in [4.78, 5) is 15.2. The fraction of sp³-hybridized carbons (Fsp3) is 0.567. The number of hydrogen-bond acceptors (Lipinski definition) is 6. The van der Waals surface area contributed by atoms with E-state index in [0.717, 1.165) is 31.2 Å². The molecule has 2 fully saturated rings. The minimum Gasteiger partial charge on any atom is -0.489 e. The minimum absolute atomic E-state index is 0.0178. The maximum Gasteiger partial charge on any atom is 0.225 e. The Kier molecular flexibility index (Phi) is 9.76. The first-order chi connectivity index (χ1) is 18.3. The standard InChI is InChI=1S/C30H41FN2O5/c1-37-16-5-4-14-30(36,23-7-6-15-33(19-23)29(35)22-17-26(32)27(34)18-22)25-8-2-3-9-28(25)38-20-21-10-12-24(31)13-11-21/h2-3,8-13,22-23,26-27,34,36H,4-7,14-20,32H2,1H3/t22-,23?,26+,27-,30-/m0/s1. The number of methoxy groups -OCH3 is 1. The highest BCUT2D eigenvalue weighted by atomic mass is 19.1. The Balaban J connectivity index is 1.55. The summed E-state index contributed by atoms with van der Waals surface area (Å²) in [5, 5.41) is 22.5. The Morgan fingerprint density at radius 1 is 1.16 bits per heavy atom. The zero-order chi connectivity index (χ0) is 27.1. The van der Waals surface area contributed by atoms with Crippen molar-refractivity contribution in [2.24, 2.45) is 17.6 Å². The molecule has 4 rings (SSSR count). The van der Waals surface area contributed by atoms with Crippen molar-refractivity contribution in [1.82, 2.24) is 4.90 Å². The van der Waals surface area contributed by atoms with E-state index in [1.54, 1.807) is 19.2 Å². The predicted molar refractivity (Wildman–Crippen MR) is 143 cm³/mol. The van der Waals surface area contributed by atoms with E-state index in [1.165, 1.54) is 12.1 Å². The van der Waals surface area contributed by atoms with Crippen molar-refractivity contribution in [1.29, 1.82) is 0 Å². The van der Waals surface area contributed by atoms with Crippen LogP contribution >= 0.6 is 0 Å². The second-order valence-corrected chi connectivity index (χ2v) is 10.8. The van der Waals surface area contributed by atoms with Crippen molar-refractivity contribution >= 4 is 5.91 Å². The summed E-state index contributed by atoms with van der Waals surface area (Å²) in [6, 6.07) is 13.3. The molecule has 4 N–H and O–H groups in total. The van der Waals surface area contributed by atoms with Gasteiger partial charge in [0, 0.05) is 50.2 Å². The van der Waals surface area contributed by atoms with E-state index < -0.39 is 11.7 Å². The summed E-state index contributed by atoms with van der Waals surface area (Å²) in [5.41, 5.74) is 6.30. The van der Waals surface area contributed by atoms with E-state index in [-0.39, 0.29) is 36.2 Å². The number of para-hydroxylation sites is 1. The van der Waals surface area contributed by atoms with Gasteiger partial charge in [0.25, 0.3) is 0 Å². The molecule has 2 aromatic carbocycles.